The van der Waals surface area contributed by atoms with Crippen molar-refractivity contribution < 1.29 is 34.0 Å². The number of anilines is 1. The van der Waals surface area contributed by atoms with Crippen molar-refractivity contribution in [3.8, 4) is 0 Å². The van der Waals surface area contributed by atoms with E-state index in [1.165, 1.54) is 38.1 Å². The van der Waals surface area contributed by atoms with Crippen molar-refractivity contribution in [2.75, 3.05) is 5.32 Å². The Balaban J connectivity index is 2.66. The lowest BCUT2D eigenvalue weighted by Crippen LogP contribution is -2.54. The van der Waals surface area contributed by atoms with Gasteiger partial charge in [0.2, 0.25) is 23.6 Å². The molecule has 0 aliphatic carbocycles. The van der Waals surface area contributed by atoms with Crippen LogP contribution in [-0.2, 0) is 24.0 Å². The molecule has 0 aromatic heterocycles. The molecular formula is C21H29N5O8. The lowest BCUT2D eigenvalue weighted by molar-refractivity contribution is -0.384. The molecule has 1 aromatic rings. The number of nitro benzene ring substituents is 1. The van der Waals surface area contributed by atoms with E-state index in [-0.39, 0.29) is 24.4 Å². The quantitative estimate of drug-likeness (QED) is 0.210. The summed E-state index contributed by atoms with van der Waals surface area (Å²) in [5, 5.41) is 29.2. The van der Waals surface area contributed by atoms with Gasteiger partial charge in [-0.1, -0.05) is 13.8 Å². The van der Waals surface area contributed by atoms with Crippen molar-refractivity contribution >= 4 is 41.0 Å². The number of carboxylic acid groups (broad SMARTS) is 1. The normalized spacial score (nSPS) is 13.2. The van der Waals surface area contributed by atoms with Gasteiger partial charge in [-0.3, -0.25) is 39.4 Å². The van der Waals surface area contributed by atoms with Gasteiger partial charge in [-0.15, -0.1) is 0 Å². The van der Waals surface area contributed by atoms with Crippen molar-refractivity contribution in [1.82, 2.24) is 16.0 Å². The number of rotatable bonds is 12. The molecule has 1 rings (SSSR count). The highest BCUT2D eigenvalue weighted by atomic mass is 16.6. The van der Waals surface area contributed by atoms with Crippen LogP contribution >= 0.6 is 0 Å². The van der Waals surface area contributed by atoms with E-state index in [0.717, 1.165) is 0 Å². The van der Waals surface area contributed by atoms with Crippen LogP contribution in [0.2, 0.25) is 0 Å². The molecule has 13 heteroatoms. The molecule has 0 fully saturated rings. The van der Waals surface area contributed by atoms with Gasteiger partial charge in [-0.25, -0.2) is 0 Å². The minimum atomic E-state index is -1.15. The Morgan fingerprint density at radius 2 is 1.44 bits per heavy atom. The number of hydrogen-bond acceptors (Lipinski definition) is 8. The Kier molecular flexibility index (Phi) is 10.6. The number of carboxylic acids is 1. The monoisotopic (exact) mass is 479 g/mol. The summed E-state index contributed by atoms with van der Waals surface area (Å²) in [5.74, 6) is -4.16. The first-order valence-electron chi connectivity index (χ1n) is 10.5. The number of carbonyl (C=O) groups is 5. The minimum Gasteiger partial charge on any atom is -0.481 e. The van der Waals surface area contributed by atoms with Gasteiger partial charge in [0.05, 0.1) is 11.3 Å². The number of benzene rings is 1. The fourth-order valence-electron chi connectivity index (χ4n) is 2.70. The van der Waals surface area contributed by atoms with Crippen LogP contribution in [-0.4, -0.2) is 57.8 Å². The van der Waals surface area contributed by atoms with Crippen LogP contribution in [0.5, 0.6) is 0 Å². The molecule has 0 spiro atoms. The van der Waals surface area contributed by atoms with E-state index < -0.39 is 52.6 Å². The van der Waals surface area contributed by atoms with Gasteiger partial charge in [0.1, 0.15) is 18.1 Å². The molecule has 13 nitrogen and oxygen atoms in total. The molecule has 3 unspecified atom stereocenters. The largest absolute Gasteiger partial charge is 0.481 e. The standard InChI is InChI=1S/C21H29N5O8/c1-11(2)18(24-14-5-7-15(8-6-14)26(33)34)21(32)25-20(31)13(4)23-19(30)12(3)22-16(27)9-10-17(28)29/h5-8,11-13,18,24H,9-10H2,1-4H3,(H,22,27)(H,23,30)(H,28,29)(H,25,31,32). The van der Waals surface area contributed by atoms with Crippen LogP contribution in [0.3, 0.4) is 0 Å². The highest BCUT2D eigenvalue weighted by Crippen LogP contribution is 2.18. The molecule has 0 heterocycles. The summed E-state index contributed by atoms with van der Waals surface area (Å²) in [6.45, 7) is 6.21. The third-order valence-electron chi connectivity index (χ3n) is 4.68. The number of imide groups is 1. The molecule has 0 saturated carbocycles. The summed E-state index contributed by atoms with van der Waals surface area (Å²) in [7, 11) is 0. The van der Waals surface area contributed by atoms with E-state index in [9.17, 15) is 34.1 Å². The number of nitrogens with one attached hydrogen (secondary N) is 4. The maximum Gasteiger partial charge on any atom is 0.303 e. The van der Waals surface area contributed by atoms with Crippen LogP contribution in [0.15, 0.2) is 24.3 Å². The number of nitro groups is 1. The molecule has 0 saturated heterocycles. The fraction of sp³-hybridized carbons (Fsp3) is 0.476. The lowest BCUT2D eigenvalue weighted by Gasteiger charge is -2.23. The Labute approximate surface area is 195 Å². The van der Waals surface area contributed by atoms with Crippen molar-refractivity contribution in [3.05, 3.63) is 34.4 Å². The molecule has 0 bridgehead atoms. The number of aliphatic carboxylic acids is 1. The number of nitrogens with zero attached hydrogens (tertiary/aromatic N) is 1. The van der Waals surface area contributed by atoms with Crippen LogP contribution in [0, 0.1) is 16.0 Å². The van der Waals surface area contributed by atoms with Gasteiger partial charge in [0.25, 0.3) is 5.69 Å². The summed E-state index contributed by atoms with van der Waals surface area (Å²) in [6, 6.07) is 2.46. The van der Waals surface area contributed by atoms with Crippen LogP contribution in [0.25, 0.3) is 0 Å². The van der Waals surface area contributed by atoms with Gasteiger partial charge in [-0.2, -0.15) is 0 Å². The van der Waals surface area contributed by atoms with E-state index in [1.807, 2.05) is 0 Å². The number of amides is 4. The summed E-state index contributed by atoms with van der Waals surface area (Å²) < 4.78 is 0. The van der Waals surface area contributed by atoms with Gasteiger partial charge in [-0.05, 0) is 31.9 Å². The van der Waals surface area contributed by atoms with Gasteiger partial charge >= 0.3 is 5.97 Å². The summed E-state index contributed by atoms with van der Waals surface area (Å²) in [5.41, 5.74) is 0.337. The fourth-order valence-corrected chi connectivity index (χ4v) is 2.70. The average Bonchev–Trinajstić information content (AvgIpc) is 2.75. The Bertz CT molecular complexity index is 932. The maximum atomic E-state index is 12.7. The Morgan fingerprint density at radius 1 is 0.882 bits per heavy atom. The molecule has 186 valence electrons. The first kappa shape index (κ1) is 28.0. The zero-order chi connectivity index (χ0) is 26.0. The number of non-ortho nitro benzene ring substituents is 1. The highest BCUT2D eigenvalue weighted by Gasteiger charge is 2.27. The Hall–Kier alpha value is -4.03. The predicted octanol–water partition coefficient (Wildman–Crippen LogP) is 0.548. The molecular weight excluding hydrogens is 450 g/mol. The molecule has 3 atom stereocenters. The third-order valence-corrected chi connectivity index (χ3v) is 4.68. The molecule has 5 N–H and O–H groups in total. The minimum absolute atomic E-state index is 0.108. The topological polar surface area (TPSA) is 197 Å². The van der Waals surface area contributed by atoms with E-state index in [1.54, 1.807) is 13.8 Å². The SMILES string of the molecule is CC(NC(=O)CCC(=O)O)C(=O)NC(C)C(=O)NC(=O)C(Nc1ccc([N+](=O)[O-])cc1)C(C)C. The van der Waals surface area contributed by atoms with Crippen LogP contribution in [0.4, 0.5) is 11.4 Å². The molecule has 4 amide bonds. The van der Waals surface area contributed by atoms with Crippen molar-refractivity contribution in [2.24, 2.45) is 5.92 Å². The highest BCUT2D eigenvalue weighted by molar-refractivity contribution is 6.02. The summed E-state index contributed by atoms with van der Waals surface area (Å²) >= 11 is 0. The van der Waals surface area contributed by atoms with Crippen LogP contribution in [0.1, 0.15) is 40.5 Å². The number of hydrogen-bond donors (Lipinski definition) is 5. The zero-order valence-corrected chi connectivity index (χ0v) is 19.3. The summed E-state index contributed by atoms with van der Waals surface area (Å²) in [6.07, 6.45) is -0.679. The maximum absolute atomic E-state index is 12.7. The zero-order valence-electron chi connectivity index (χ0n) is 19.3. The number of carbonyl (C=O) groups excluding carboxylic acids is 4. The molecule has 0 aliphatic heterocycles. The Morgan fingerprint density at radius 3 is 1.94 bits per heavy atom. The molecule has 34 heavy (non-hydrogen) atoms. The second kappa shape index (κ2) is 12.9. The summed E-state index contributed by atoms with van der Waals surface area (Å²) in [4.78, 5) is 69.6. The van der Waals surface area contributed by atoms with E-state index in [0.29, 0.717) is 5.69 Å². The first-order valence-corrected chi connectivity index (χ1v) is 10.5. The van der Waals surface area contributed by atoms with Crippen molar-refractivity contribution in [3.63, 3.8) is 0 Å². The van der Waals surface area contributed by atoms with E-state index >= 15 is 0 Å². The molecule has 0 aliphatic rings. The van der Waals surface area contributed by atoms with E-state index in [4.69, 9.17) is 5.11 Å². The third kappa shape index (κ3) is 9.22. The smallest absolute Gasteiger partial charge is 0.303 e. The van der Waals surface area contributed by atoms with E-state index in [2.05, 4.69) is 21.3 Å². The van der Waals surface area contributed by atoms with Crippen molar-refractivity contribution in [2.45, 2.75) is 58.7 Å². The predicted molar refractivity (Wildman–Crippen MR) is 121 cm³/mol. The van der Waals surface area contributed by atoms with Gasteiger partial charge in [0.15, 0.2) is 0 Å². The van der Waals surface area contributed by atoms with Gasteiger partial charge in [0, 0.05) is 24.2 Å². The van der Waals surface area contributed by atoms with Crippen molar-refractivity contribution in [1.29, 1.82) is 0 Å². The van der Waals surface area contributed by atoms with Crippen LogP contribution < -0.4 is 21.3 Å². The van der Waals surface area contributed by atoms with Gasteiger partial charge < -0.3 is 21.1 Å². The molecule has 1 aromatic carbocycles. The second-order valence-corrected chi connectivity index (χ2v) is 7.94. The lowest BCUT2D eigenvalue weighted by atomic mass is 10.0. The molecule has 0 radical (unpaired) electrons. The average molecular weight is 479 g/mol. The second-order valence-electron chi connectivity index (χ2n) is 7.94. The first-order chi connectivity index (χ1) is 15.8.